The Bertz CT molecular complexity index is 450. The molecule has 0 spiro atoms. The van der Waals surface area contributed by atoms with Gasteiger partial charge >= 0.3 is 0 Å². The Labute approximate surface area is 118 Å². The molecule has 2 nitrogen and oxygen atoms in total. The maximum atomic E-state index is 14.0. The summed E-state index contributed by atoms with van der Waals surface area (Å²) in [6, 6.07) is 5.55. The van der Waals surface area contributed by atoms with E-state index in [-0.39, 0.29) is 11.9 Å². The molecule has 0 bridgehead atoms. The molecule has 1 N–H and O–H groups in total. The fourth-order valence-electron chi connectivity index (χ4n) is 2.73. The minimum absolute atomic E-state index is 0.141. The van der Waals surface area contributed by atoms with E-state index in [1.807, 2.05) is 0 Å². The highest BCUT2D eigenvalue weighted by atomic mass is 35.5. The first-order chi connectivity index (χ1) is 9.24. The SMILES string of the molecule is Fc1cc(Cl)ccc1C1OCCCC1CNC1CC1. The molecule has 0 radical (unpaired) electrons. The van der Waals surface area contributed by atoms with Crippen molar-refractivity contribution in [1.29, 1.82) is 0 Å². The molecule has 1 aromatic carbocycles. The zero-order chi connectivity index (χ0) is 13.2. The van der Waals surface area contributed by atoms with Crippen molar-refractivity contribution in [2.75, 3.05) is 13.2 Å². The number of nitrogens with one attached hydrogen (secondary N) is 1. The second-order valence-corrected chi connectivity index (χ2v) is 5.98. The summed E-state index contributed by atoms with van der Waals surface area (Å²) >= 11 is 5.81. The average molecular weight is 284 g/mol. The first-order valence-electron chi connectivity index (χ1n) is 7.04. The van der Waals surface area contributed by atoms with E-state index in [9.17, 15) is 4.39 Å². The minimum atomic E-state index is -0.254. The predicted octanol–water partition coefficient (Wildman–Crippen LogP) is 3.70. The molecule has 1 aliphatic carbocycles. The van der Waals surface area contributed by atoms with Gasteiger partial charge in [0.05, 0.1) is 6.10 Å². The van der Waals surface area contributed by atoms with Crippen LogP contribution in [-0.2, 0) is 4.74 Å². The summed E-state index contributed by atoms with van der Waals surface area (Å²) in [7, 11) is 0. The van der Waals surface area contributed by atoms with Crippen molar-refractivity contribution in [3.63, 3.8) is 0 Å². The van der Waals surface area contributed by atoms with Crippen molar-refractivity contribution >= 4 is 11.6 Å². The first-order valence-corrected chi connectivity index (χ1v) is 7.42. The number of halogens is 2. The molecule has 1 saturated carbocycles. The van der Waals surface area contributed by atoms with Crippen LogP contribution in [-0.4, -0.2) is 19.2 Å². The average Bonchev–Trinajstić information content (AvgIpc) is 3.21. The summed E-state index contributed by atoms with van der Waals surface area (Å²) in [4.78, 5) is 0. The van der Waals surface area contributed by atoms with Crippen LogP contribution in [0.3, 0.4) is 0 Å². The number of rotatable bonds is 4. The summed E-state index contributed by atoms with van der Waals surface area (Å²) in [5, 5.41) is 3.96. The van der Waals surface area contributed by atoms with Crippen molar-refractivity contribution in [2.45, 2.75) is 37.8 Å². The molecule has 0 amide bonds. The van der Waals surface area contributed by atoms with Gasteiger partial charge in [-0.05, 0) is 37.8 Å². The second-order valence-electron chi connectivity index (χ2n) is 5.54. The van der Waals surface area contributed by atoms with E-state index in [4.69, 9.17) is 16.3 Å². The summed E-state index contributed by atoms with van der Waals surface area (Å²) < 4.78 is 19.9. The van der Waals surface area contributed by atoms with Crippen LogP contribution in [0, 0.1) is 11.7 Å². The Morgan fingerprint density at radius 3 is 2.89 bits per heavy atom. The fourth-order valence-corrected chi connectivity index (χ4v) is 2.89. The Balaban J connectivity index is 1.74. The molecule has 2 atom stereocenters. The van der Waals surface area contributed by atoms with Gasteiger partial charge in [0, 0.05) is 35.7 Å². The molecule has 2 fully saturated rings. The molecule has 0 aromatic heterocycles. The van der Waals surface area contributed by atoms with Crippen LogP contribution in [0.4, 0.5) is 4.39 Å². The summed E-state index contributed by atoms with van der Waals surface area (Å²) in [6.45, 7) is 1.63. The second kappa shape index (κ2) is 5.78. The van der Waals surface area contributed by atoms with Gasteiger partial charge in [-0.25, -0.2) is 4.39 Å². The maximum absolute atomic E-state index is 14.0. The van der Waals surface area contributed by atoms with Gasteiger partial charge in [-0.15, -0.1) is 0 Å². The molecule has 3 rings (SSSR count). The molecule has 4 heteroatoms. The number of hydrogen-bond acceptors (Lipinski definition) is 2. The van der Waals surface area contributed by atoms with Crippen molar-refractivity contribution in [1.82, 2.24) is 5.32 Å². The third kappa shape index (κ3) is 3.28. The van der Waals surface area contributed by atoms with Crippen molar-refractivity contribution < 1.29 is 9.13 Å². The van der Waals surface area contributed by atoms with E-state index >= 15 is 0 Å². The van der Waals surface area contributed by atoms with Gasteiger partial charge in [0.25, 0.3) is 0 Å². The normalized spacial score (nSPS) is 27.5. The van der Waals surface area contributed by atoms with Crippen LogP contribution >= 0.6 is 11.6 Å². The van der Waals surface area contributed by atoms with E-state index in [1.165, 1.54) is 18.9 Å². The lowest BCUT2D eigenvalue weighted by atomic mass is 9.89. The van der Waals surface area contributed by atoms with Crippen molar-refractivity contribution in [3.05, 3.63) is 34.6 Å². The Hall–Kier alpha value is -0.640. The van der Waals surface area contributed by atoms with Gasteiger partial charge in [0.2, 0.25) is 0 Å². The lowest BCUT2D eigenvalue weighted by Gasteiger charge is -2.32. The van der Waals surface area contributed by atoms with Gasteiger partial charge in [-0.2, -0.15) is 0 Å². The number of benzene rings is 1. The Kier molecular flexibility index (Phi) is 4.06. The zero-order valence-electron chi connectivity index (χ0n) is 10.9. The van der Waals surface area contributed by atoms with Crippen LogP contribution < -0.4 is 5.32 Å². The lowest BCUT2D eigenvalue weighted by Crippen LogP contribution is -2.33. The Morgan fingerprint density at radius 2 is 2.16 bits per heavy atom. The quantitative estimate of drug-likeness (QED) is 0.910. The predicted molar refractivity (Wildman–Crippen MR) is 73.9 cm³/mol. The van der Waals surface area contributed by atoms with Gasteiger partial charge in [0.15, 0.2) is 0 Å². The molecule has 19 heavy (non-hydrogen) atoms. The van der Waals surface area contributed by atoms with E-state index < -0.39 is 0 Å². The minimum Gasteiger partial charge on any atom is -0.373 e. The van der Waals surface area contributed by atoms with Crippen LogP contribution in [0.25, 0.3) is 0 Å². The largest absolute Gasteiger partial charge is 0.373 e. The molecule has 1 saturated heterocycles. The summed E-state index contributed by atoms with van der Waals surface area (Å²) in [6.07, 6.45) is 4.55. The van der Waals surface area contributed by atoms with Gasteiger partial charge in [0.1, 0.15) is 5.82 Å². The van der Waals surface area contributed by atoms with Crippen molar-refractivity contribution in [3.8, 4) is 0 Å². The van der Waals surface area contributed by atoms with Gasteiger partial charge in [-0.3, -0.25) is 0 Å². The molecule has 1 aromatic rings. The van der Waals surface area contributed by atoms with E-state index in [2.05, 4.69) is 5.32 Å². The van der Waals surface area contributed by atoms with Crippen LogP contribution in [0.2, 0.25) is 5.02 Å². The Morgan fingerprint density at radius 1 is 1.32 bits per heavy atom. The maximum Gasteiger partial charge on any atom is 0.130 e. The van der Waals surface area contributed by atoms with Crippen molar-refractivity contribution in [2.24, 2.45) is 5.92 Å². The molecular weight excluding hydrogens is 265 g/mol. The lowest BCUT2D eigenvalue weighted by molar-refractivity contribution is -0.0297. The molecular formula is C15H19ClFNO. The zero-order valence-corrected chi connectivity index (χ0v) is 11.6. The van der Waals surface area contributed by atoms with E-state index in [0.29, 0.717) is 29.2 Å². The van der Waals surface area contributed by atoms with E-state index in [1.54, 1.807) is 12.1 Å². The highest BCUT2D eigenvalue weighted by molar-refractivity contribution is 6.30. The molecule has 104 valence electrons. The molecule has 2 unspecified atom stereocenters. The topological polar surface area (TPSA) is 21.3 Å². The van der Waals surface area contributed by atoms with Gasteiger partial charge < -0.3 is 10.1 Å². The fraction of sp³-hybridized carbons (Fsp3) is 0.600. The monoisotopic (exact) mass is 283 g/mol. The smallest absolute Gasteiger partial charge is 0.130 e. The van der Waals surface area contributed by atoms with E-state index in [0.717, 1.165) is 19.4 Å². The summed E-state index contributed by atoms with van der Waals surface area (Å²) in [5.41, 5.74) is 0.645. The highest BCUT2D eigenvalue weighted by Crippen LogP contribution is 2.35. The van der Waals surface area contributed by atoms with Crippen LogP contribution in [0.5, 0.6) is 0 Å². The van der Waals surface area contributed by atoms with Crippen LogP contribution in [0.15, 0.2) is 18.2 Å². The summed E-state index contributed by atoms with van der Waals surface area (Å²) in [5.74, 6) is 0.0980. The molecule has 1 heterocycles. The molecule has 2 aliphatic rings. The molecule has 1 aliphatic heterocycles. The first kappa shape index (κ1) is 13.3. The van der Waals surface area contributed by atoms with Crippen LogP contribution in [0.1, 0.15) is 37.4 Å². The standard InChI is InChI=1S/C15H19ClFNO/c16-11-3-6-13(14(17)8-11)15-10(2-1-7-19-15)9-18-12-4-5-12/h3,6,8,10,12,15,18H,1-2,4-5,7,9H2. The number of ether oxygens (including phenoxy) is 1. The third-order valence-electron chi connectivity index (χ3n) is 3.96. The number of hydrogen-bond donors (Lipinski definition) is 1. The van der Waals surface area contributed by atoms with Gasteiger partial charge in [-0.1, -0.05) is 17.7 Å². The third-order valence-corrected chi connectivity index (χ3v) is 4.19. The highest BCUT2D eigenvalue weighted by Gasteiger charge is 2.31.